The molecule has 0 spiro atoms. The zero-order chi connectivity index (χ0) is 9.30. The second-order valence-corrected chi connectivity index (χ2v) is 3.42. The van der Waals surface area contributed by atoms with Gasteiger partial charge in [0.25, 0.3) is 0 Å². The smallest absolute Gasteiger partial charge is 0.107 e. The van der Waals surface area contributed by atoms with Crippen LogP contribution in [0, 0.1) is 23.2 Å². The quantitative estimate of drug-likeness (QED) is 0.447. The van der Waals surface area contributed by atoms with E-state index in [4.69, 9.17) is 5.26 Å². The predicted octanol–water partition coefficient (Wildman–Crippen LogP) is -0.751. The Morgan fingerprint density at radius 3 is 2.25 bits per heavy atom. The molecule has 0 aromatic rings. The van der Waals surface area contributed by atoms with Gasteiger partial charge < -0.3 is 15.3 Å². The molecule has 0 aromatic heterocycles. The zero-order valence-corrected chi connectivity index (χ0v) is 6.88. The van der Waals surface area contributed by atoms with Crippen molar-refractivity contribution in [3.05, 3.63) is 0 Å². The molecule has 3 N–H and O–H groups in total. The predicted molar refractivity (Wildman–Crippen MR) is 40.9 cm³/mol. The van der Waals surface area contributed by atoms with Crippen molar-refractivity contribution in [3.8, 4) is 6.07 Å². The molecule has 0 radical (unpaired) electrons. The summed E-state index contributed by atoms with van der Waals surface area (Å²) in [7, 11) is 0. The van der Waals surface area contributed by atoms with Gasteiger partial charge >= 0.3 is 0 Å². The van der Waals surface area contributed by atoms with E-state index in [9.17, 15) is 15.3 Å². The summed E-state index contributed by atoms with van der Waals surface area (Å²) >= 11 is 0. The molecular formula is C8H13NO3. The van der Waals surface area contributed by atoms with E-state index in [-0.39, 0.29) is 5.92 Å². The second-order valence-electron chi connectivity index (χ2n) is 3.42. The van der Waals surface area contributed by atoms with Crippen LogP contribution in [0.1, 0.15) is 13.3 Å². The third-order valence-electron chi connectivity index (χ3n) is 2.49. The van der Waals surface area contributed by atoms with Gasteiger partial charge in [0.1, 0.15) is 6.10 Å². The summed E-state index contributed by atoms with van der Waals surface area (Å²) in [4.78, 5) is 0. The number of aliphatic hydroxyl groups excluding tert-OH is 3. The fourth-order valence-electron chi connectivity index (χ4n) is 1.59. The lowest BCUT2D eigenvalue weighted by molar-refractivity contribution is -0.121. The summed E-state index contributed by atoms with van der Waals surface area (Å²) in [5.74, 6) is -0.688. The van der Waals surface area contributed by atoms with Crippen molar-refractivity contribution < 1.29 is 15.3 Å². The lowest BCUT2D eigenvalue weighted by Gasteiger charge is -2.36. The van der Waals surface area contributed by atoms with Crippen molar-refractivity contribution in [2.45, 2.75) is 31.7 Å². The van der Waals surface area contributed by atoms with Crippen molar-refractivity contribution in [2.24, 2.45) is 11.8 Å². The largest absolute Gasteiger partial charge is 0.390 e. The molecule has 1 fully saturated rings. The molecule has 0 saturated heterocycles. The number of aliphatic hydroxyl groups is 3. The van der Waals surface area contributed by atoms with Crippen molar-refractivity contribution in [1.29, 1.82) is 5.26 Å². The molecule has 4 nitrogen and oxygen atoms in total. The van der Waals surface area contributed by atoms with Crippen LogP contribution in [0.15, 0.2) is 0 Å². The first-order valence-electron chi connectivity index (χ1n) is 4.01. The second kappa shape index (κ2) is 3.40. The van der Waals surface area contributed by atoms with Crippen molar-refractivity contribution in [2.75, 3.05) is 0 Å². The maximum absolute atomic E-state index is 9.31. The normalized spacial score (nSPS) is 48.4. The number of rotatable bonds is 0. The average molecular weight is 171 g/mol. The molecule has 68 valence electrons. The van der Waals surface area contributed by atoms with Crippen LogP contribution in [0.25, 0.3) is 0 Å². The van der Waals surface area contributed by atoms with Gasteiger partial charge in [0.05, 0.1) is 24.2 Å². The molecule has 12 heavy (non-hydrogen) atoms. The van der Waals surface area contributed by atoms with Crippen LogP contribution in [-0.2, 0) is 0 Å². The Labute approximate surface area is 71.1 Å². The first kappa shape index (κ1) is 9.46. The van der Waals surface area contributed by atoms with E-state index in [0.717, 1.165) is 0 Å². The highest BCUT2D eigenvalue weighted by molar-refractivity contribution is 4.99. The fraction of sp³-hybridized carbons (Fsp3) is 0.875. The minimum atomic E-state index is -1.18. The highest BCUT2D eigenvalue weighted by atomic mass is 16.4. The van der Waals surface area contributed by atoms with E-state index in [2.05, 4.69) is 0 Å². The van der Waals surface area contributed by atoms with Gasteiger partial charge in [-0.2, -0.15) is 5.26 Å². The molecule has 5 atom stereocenters. The van der Waals surface area contributed by atoms with Crippen LogP contribution in [0.2, 0.25) is 0 Å². The molecule has 1 aliphatic carbocycles. The number of hydrogen-bond donors (Lipinski definition) is 3. The van der Waals surface area contributed by atoms with Crippen molar-refractivity contribution in [1.82, 2.24) is 0 Å². The third-order valence-corrected chi connectivity index (χ3v) is 2.49. The Balaban J connectivity index is 2.72. The van der Waals surface area contributed by atoms with Crippen LogP contribution in [0.4, 0.5) is 0 Å². The van der Waals surface area contributed by atoms with Gasteiger partial charge in [0.15, 0.2) is 0 Å². The first-order valence-corrected chi connectivity index (χ1v) is 4.01. The molecule has 0 bridgehead atoms. The van der Waals surface area contributed by atoms with Crippen LogP contribution >= 0.6 is 0 Å². The maximum Gasteiger partial charge on any atom is 0.107 e. The molecule has 5 unspecified atom stereocenters. The van der Waals surface area contributed by atoms with Gasteiger partial charge in [-0.05, 0) is 12.3 Å². The van der Waals surface area contributed by atoms with Gasteiger partial charge in [0.2, 0.25) is 0 Å². The van der Waals surface area contributed by atoms with E-state index in [1.54, 1.807) is 6.92 Å². The number of nitrogens with zero attached hydrogens (tertiary/aromatic N) is 1. The first-order chi connectivity index (χ1) is 5.57. The summed E-state index contributed by atoms with van der Waals surface area (Å²) in [6.07, 6.45) is -2.76. The monoisotopic (exact) mass is 171 g/mol. The van der Waals surface area contributed by atoms with E-state index in [1.165, 1.54) is 0 Å². The molecule has 1 aliphatic rings. The minimum Gasteiger partial charge on any atom is -0.390 e. The Hall–Kier alpha value is -0.630. The lowest BCUT2D eigenvalue weighted by Crippen LogP contribution is -2.49. The summed E-state index contributed by atoms with van der Waals surface area (Å²) in [5, 5.41) is 36.5. The molecule has 1 saturated carbocycles. The van der Waals surface area contributed by atoms with E-state index in [1.807, 2.05) is 6.07 Å². The number of hydrogen-bond acceptors (Lipinski definition) is 4. The third kappa shape index (κ3) is 1.44. The Morgan fingerprint density at radius 2 is 1.75 bits per heavy atom. The van der Waals surface area contributed by atoms with Gasteiger partial charge in [-0.1, -0.05) is 6.92 Å². The Bertz CT molecular complexity index is 201. The zero-order valence-electron chi connectivity index (χ0n) is 6.88. The van der Waals surface area contributed by atoms with Crippen molar-refractivity contribution >= 4 is 0 Å². The summed E-state index contributed by atoms with van der Waals surface area (Å²) in [5.41, 5.74) is 0. The van der Waals surface area contributed by atoms with E-state index >= 15 is 0 Å². The van der Waals surface area contributed by atoms with Gasteiger partial charge in [-0.25, -0.2) is 0 Å². The minimum absolute atomic E-state index is 0.131. The summed E-state index contributed by atoms with van der Waals surface area (Å²) in [6, 6.07) is 1.91. The van der Waals surface area contributed by atoms with Crippen LogP contribution < -0.4 is 0 Å². The van der Waals surface area contributed by atoms with E-state index < -0.39 is 24.2 Å². The van der Waals surface area contributed by atoms with Crippen LogP contribution in [0.3, 0.4) is 0 Å². The maximum atomic E-state index is 9.31. The van der Waals surface area contributed by atoms with Gasteiger partial charge in [-0.15, -0.1) is 0 Å². The summed E-state index contributed by atoms with van der Waals surface area (Å²) < 4.78 is 0. The molecule has 0 aromatic carbocycles. The highest BCUT2D eigenvalue weighted by Crippen LogP contribution is 2.29. The molecule has 0 aliphatic heterocycles. The van der Waals surface area contributed by atoms with Gasteiger partial charge in [-0.3, -0.25) is 0 Å². The molecular weight excluding hydrogens is 158 g/mol. The Morgan fingerprint density at radius 1 is 1.17 bits per heavy atom. The molecule has 1 rings (SSSR count). The van der Waals surface area contributed by atoms with Crippen LogP contribution in [-0.4, -0.2) is 33.6 Å². The molecule has 0 amide bonds. The lowest BCUT2D eigenvalue weighted by atomic mass is 9.77. The standard InChI is InChI=1S/C8H13NO3/c1-4-2-5(3-9)7(11)8(12)6(4)10/h4-8,10-12H,2H2,1H3. The highest BCUT2D eigenvalue weighted by Gasteiger charge is 2.40. The summed E-state index contributed by atoms with van der Waals surface area (Å²) in [6.45, 7) is 1.75. The fourth-order valence-corrected chi connectivity index (χ4v) is 1.59. The number of nitriles is 1. The SMILES string of the molecule is CC1CC(C#N)C(O)C(O)C1O. The van der Waals surface area contributed by atoms with E-state index in [0.29, 0.717) is 6.42 Å². The topological polar surface area (TPSA) is 84.5 Å². The molecule has 4 heteroatoms. The van der Waals surface area contributed by atoms with Gasteiger partial charge in [0, 0.05) is 0 Å². The molecule has 0 heterocycles. The van der Waals surface area contributed by atoms with Crippen LogP contribution in [0.5, 0.6) is 0 Å². The Kier molecular flexibility index (Phi) is 2.68. The van der Waals surface area contributed by atoms with Crippen molar-refractivity contribution in [3.63, 3.8) is 0 Å². The average Bonchev–Trinajstić information content (AvgIpc) is 2.08.